The summed E-state index contributed by atoms with van der Waals surface area (Å²) in [6.45, 7) is 0. The number of hydrogen-bond donors (Lipinski definition) is 0. The Balaban J connectivity index is 1.07. The van der Waals surface area contributed by atoms with E-state index >= 15 is 0 Å². The van der Waals surface area contributed by atoms with Gasteiger partial charge in [-0.3, -0.25) is 0 Å². The van der Waals surface area contributed by atoms with Crippen LogP contribution in [0.3, 0.4) is 0 Å². The van der Waals surface area contributed by atoms with Gasteiger partial charge in [-0.1, -0.05) is 170 Å². The summed E-state index contributed by atoms with van der Waals surface area (Å²) in [5, 5.41) is 11.3. The molecule has 0 aliphatic heterocycles. The Morgan fingerprint density at radius 2 is 0.864 bits per heavy atom. The van der Waals surface area contributed by atoms with E-state index in [2.05, 4.69) is 152 Å². The maximum Gasteiger partial charge on any atom is 0.227 e. The fraction of sp³-hybridized carbons (Fsp3) is 0. The van der Waals surface area contributed by atoms with Crippen molar-refractivity contribution in [2.45, 2.75) is 0 Å². The Hall–Kier alpha value is -8.02. The van der Waals surface area contributed by atoms with E-state index in [4.69, 9.17) is 24.4 Å². The summed E-state index contributed by atoms with van der Waals surface area (Å²) in [6, 6.07) is 67.7. The number of aromatic nitrogens is 4. The molecule has 2 heterocycles. The van der Waals surface area contributed by atoms with Crippen LogP contribution in [0, 0.1) is 0 Å². The van der Waals surface area contributed by atoms with Gasteiger partial charge in [0.15, 0.2) is 23.1 Å². The fourth-order valence-electron chi connectivity index (χ4n) is 8.62. The smallest absolute Gasteiger partial charge is 0.227 e. The van der Waals surface area contributed by atoms with Crippen LogP contribution in [0.15, 0.2) is 199 Å². The lowest BCUT2D eigenvalue weighted by atomic mass is 9.93. The lowest BCUT2D eigenvalue weighted by Crippen LogP contribution is -2.00. The lowest BCUT2D eigenvalue weighted by Gasteiger charge is -2.13. The number of benzene rings is 10. The highest BCUT2D eigenvalue weighted by atomic mass is 16.3. The Bertz CT molecular complexity index is 3600. The average Bonchev–Trinajstić information content (AvgIpc) is 3.76. The van der Waals surface area contributed by atoms with Gasteiger partial charge in [0, 0.05) is 33.0 Å². The Morgan fingerprint density at radius 1 is 0.305 bits per heavy atom. The van der Waals surface area contributed by atoms with Crippen molar-refractivity contribution in [1.29, 1.82) is 0 Å². The van der Waals surface area contributed by atoms with Crippen LogP contribution in [-0.2, 0) is 0 Å². The molecule has 0 N–H and O–H groups in total. The molecule has 0 aliphatic rings. The summed E-state index contributed by atoms with van der Waals surface area (Å²) in [4.78, 5) is 20.6. The van der Waals surface area contributed by atoms with Gasteiger partial charge >= 0.3 is 0 Å². The molecule has 12 aromatic rings. The summed E-state index contributed by atoms with van der Waals surface area (Å²) in [6.07, 6.45) is 0. The van der Waals surface area contributed by atoms with Crippen molar-refractivity contribution in [3.05, 3.63) is 194 Å². The minimum Gasteiger partial charge on any atom is -0.435 e. The van der Waals surface area contributed by atoms with Crippen molar-refractivity contribution in [3.8, 4) is 56.7 Å². The van der Waals surface area contributed by atoms with E-state index < -0.39 is 0 Å². The van der Waals surface area contributed by atoms with E-state index in [1.54, 1.807) is 0 Å². The summed E-state index contributed by atoms with van der Waals surface area (Å²) < 4.78 is 6.62. The van der Waals surface area contributed by atoms with Crippen LogP contribution in [0.5, 0.6) is 0 Å². The highest BCUT2D eigenvalue weighted by Gasteiger charge is 2.19. The minimum atomic E-state index is 0.606. The van der Waals surface area contributed by atoms with E-state index in [1.165, 1.54) is 16.2 Å². The monoisotopic (exact) mass is 752 g/mol. The summed E-state index contributed by atoms with van der Waals surface area (Å²) >= 11 is 0. The number of nitrogens with zero attached hydrogens (tertiary/aromatic N) is 4. The lowest BCUT2D eigenvalue weighted by molar-refractivity contribution is 0.623. The summed E-state index contributed by atoms with van der Waals surface area (Å²) in [5.74, 6) is 2.45. The summed E-state index contributed by atoms with van der Waals surface area (Å²) in [7, 11) is 0. The third-order valence-electron chi connectivity index (χ3n) is 11.5. The van der Waals surface area contributed by atoms with Gasteiger partial charge in [0.05, 0.1) is 0 Å². The molecule has 0 spiro atoms. The van der Waals surface area contributed by atoms with Crippen molar-refractivity contribution in [3.63, 3.8) is 0 Å². The van der Waals surface area contributed by atoms with Gasteiger partial charge in [0.2, 0.25) is 5.89 Å². The van der Waals surface area contributed by atoms with Crippen LogP contribution in [0.2, 0.25) is 0 Å². The molecule has 59 heavy (non-hydrogen) atoms. The molecule has 0 radical (unpaired) electrons. The first-order chi connectivity index (χ1) is 29.2. The quantitative estimate of drug-likeness (QED) is 0.164. The molecule has 12 rings (SSSR count). The molecule has 0 unspecified atom stereocenters. The molecule has 0 aliphatic carbocycles. The van der Waals surface area contributed by atoms with Gasteiger partial charge in [-0.05, 0) is 78.5 Å². The number of hydrogen-bond acceptors (Lipinski definition) is 5. The van der Waals surface area contributed by atoms with E-state index in [0.29, 0.717) is 23.4 Å². The number of rotatable bonds is 5. The molecule has 274 valence electrons. The largest absolute Gasteiger partial charge is 0.435 e. The molecule has 0 bridgehead atoms. The van der Waals surface area contributed by atoms with E-state index in [9.17, 15) is 0 Å². The Kier molecular flexibility index (Phi) is 7.47. The van der Waals surface area contributed by atoms with Gasteiger partial charge in [0.1, 0.15) is 5.52 Å². The second-order valence-corrected chi connectivity index (χ2v) is 15.0. The van der Waals surface area contributed by atoms with Crippen molar-refractivity contribution < 1.29 is 4.42 Å². The van der Waals surface area contributed by atoms with Gasteiger partial charge in [-0.25, -0.2) is 19.9 Å². The number of oxazole rings is 1. The molecule has 0 fully saturated rings. The third kappa shape index (κ3) is 5.55. The zero-order valence-electron chi connectivity index (χ0n) is 31.7. The highest BCUT2D eigenvalue weighted by Crippen LogP contribution is 2.41. The van der Waals surface area contributed by atoms with Crippen LogP contribution in [-0.4, -0.2) is 19.9 Å². The van der Waals surface area contributed by atoms with Gasteiger partial charge in [-0.15, -0.1) is 0 Å². The van der Waals surface area contributed by atoms with Gasteiger partial charge < -0.3 is 4.42 Å². The maximum absolute atomic E-state index is 6.62. The molecule has 5 heteroatoms. The third-order valence-corrected chi connectivity index (χ3v) is 11.5. The zero-order valence-corrected chi connectivity index (χ0v) is 31.7. The van der Waals surface area contributed by atoms with Crippen molar-refractivity contribution in [2.24, 2.45) is 0 Å². The molecule has 0 amide bonds. The first kappa shape index (κ1) is 33.2. The molecule has 2 aromatic heterocycles. The topological polar surface area (TPSA) is 64.7 Å². The first-order valence-corrected chi connectivity index (χ1v) is 19.8. The minimum absolute atomic E-state index is 0.606. The average molecular weight is 753 g/mol. The fourth-order valence-corrected chi connectivity index (χ4v) is 8.62. The highest BCUT2D eigenvalue weighted by molar-refractivity contribution is 6.27. The maximum atomic E-state index is 6.62. The zero-order chi connectivity index (χ0) is 38.9. The van der Waals surface area contributed by atoms with Crippen molar-refractivity contribution in [2.75, 3.05) is 0 Å². The molecule has 10 aromatic carbocycles. The molecular formula is C54H32N4O. The van der Waals surface area contributed by atoms with Crippen LogP contribution in [0.4, 0.5) is 0 Å². The van der Waals surface area contributed by atoms with Gasteiger partial charge in [0.25, 0.3) is 0 Å². The van der Waals surface area contributed by atoms with Crippen LogP contribution in [0.25, 0.3) is 122 Å². The van der Waals surface area contributed by atoms with E-state index in [1.807, 2.05) is 42.5 Å². The molecule has 5 nitrogen and oxygen atoms in total. The second-order valence-electron chi connectivity index (χ2n) is 15.0. The Labute approximate surface area is 338 Å². The van der Waals surface area contributed by atoms with E-state index in [-0.39, 0.29) is 0 Å². The summed E-state index contributed by atoms with van der Waals surface area (Å²) in [5.41, 5.74) is 7.61. The van der Waals surface area contributed by atoms with Crippen LogP contribution >= 0.6 is 0 Å². The normalized spacial score (nSPS) is 11.7. The molecule has 0 saturated carbocycles. The van der Waals surface area contributed by atoms with Crippen LogP contribution in [0.1, 0.15) is 0 Å². The predicted octanol–water partition coefficient (Wildman–Crippen LogP) is 14.1. The van der Waals surface area contributed by atoms with Crippen molar-refractivity contribution in [1.82, 2.24) is 19.9 Å². The SMILES string of the molecule is c1ccc(-c2ccc(-c3nc(-c4ccc5c(ccc6ccccc65)c4)nc(-c4cccc5c4ccc4ccc6ccc7nc(-c8ccccc8)oc7c6c45)n3)cc2)cc1. The van der Waals surface area contributed by atoms with Crippen LogP contribution < -0.4 is 0 Å². The van der Waals surface area contributed by atoms with Crippen molar-refractivity contribution >= 4 is 65.0 Å². The number of fused-ring (bicyclic) bond motifs is 10. The standard InChI is InChI=1S/C54H32N4O/c1-3-10-33(11-4-1)34-18-23-38(24-19-34)51-56-52(41-27-29-43-40(32-41)25-20-35-12-7-8-15-42(35)43)58-53(57-51)46-17-9-16-45-44(46)30-26-36-21-22-37-28-31-47-50(49(37)48(36)45)59-54(55-47)39-13-5-2-6-14-39/h1-32H. The first-order valence-electron chi connectivity index (χ1n) is 19.8. The Morgan fingerprint density at radius 3 is 1.69 bits per heavy atom. The second kappa shape index (κ2) is 13.3. The van der Waals surface area contributed by atoms with Gasteiger partial charge in [-0.2, -0.15) is 0 Å². The molecular weight excluding hydrogens is 721 g/mol. The predicted molar refractivity (Wildman–Crippen MR) is 242 cm³/mol. The van der Waals surface area contributed by atoms with E-state index in [0.717, 1.165) is 82.2 Å². The molecule has 0 saturated heterocycles. The molecule has 0 atom stereocenters.